The van der Waals surface area contributed by atoms with Gasteiger partial charge in [-0.15, -0.1) is 0 Å². The number of benzene rings is 1. The summed E-state index contributed by atoms with van der Waals surface area (Å²) in [6.45, 7) is 2.36. The largest absolute Gasteiger partial charge is 0.372 e. The Bertz CT molecular complexity index is 438. The number of ether oxygens (including phenoxy) is 1. The minimum atomic E-state index is 0.270. The molecule has 3 rings (SSSR count). The summed E-state index contributed by atoms with van der Waals surface area (Å²) in [7, 11) is 2.07. The quantitative estimate of drug-likeness (QED) is 0.863. The Balaban J connectivity index is 1.59. The maximum absolute atomic E-state index is 6.48. The molecule has 1 N–H and O–H groups in total. The second-order valence-electron chi connectivity index (χ2n) is 7.06. The lowest BCUT2D eigenvalue weighted by Crippen LogP contribution is -2.29. The van der Waals surface area contributed by atoms with Gasteiger partial charge in [0.1, 0.15) is 0 Å². The smallest absolute Gasteiger partial charge is 0.0687 e. The van der Waals surface area contributed by atoms with Gasteiger partial charge in [0.2, 0.25) is 0 Å². The summed E-state index contributed by atoms with van der Waals surface area (Å²) < 4.78 is 6.48. The van der Waals surface area contributed by atoms with Crippen LogP contribution in [0.2, 0.25) is 0 Å². The molecule has 0 amide bonds. The van der Waals surface area contributed by atoms with E-state index in [0.29, 0.717) is 18.1 Å². The van der Waals surface area contributed by atoms with Gasteiger partial charge in [-0.2, -0.15) is 0 Å². The maximum atomic E-state index is 6.48. The van der Waals surface area contributed by atoms with Crippen molar-refractivity contribution in [3.63, 3.8) is 0 Å². The molecule has 1 aliphatic heterocycles. The van der Waals surface area contributed by atoms with Crippen LogP contribution >= 0.6 is 0 Å². The Hall–Kier alpha value is -0.860. The molecule has 0 radical (unpaired) electrons. The fourth-order valence-electron chi connectivity index (χ4n) is 4.44. The number of hydrogen-bond acceptors (Lipinski definition) is 2. The third kappa shape index (κ3) is 3.32. The fourth-order valence-corrected chi connectivity index (χ4v) is 4.44. The molecule has 0 bridgehead atoms. The van der Waals surface area contributed by atoms with E-state index < -0.39 is 0 Å². The van der Waals surface area contributed by atoms with Crippen molar-refractivity contribution in [1.29, 1.82) is 0 Å². The first-order valence-electron chi connectivity index (χ1n) is 8.62. The van der Waals surface area contributed by atoms with E-state index in [-0.39, 0.29) is 5.60 Å². The molecule has 1 spiro atoms. The highest BCUT2D eigenvalue weighted by Crippen LogP contribution is 2.45. The van der Waals surface area contributed by atoms with Gasteiger partial charge in [-0.05, 0) is 50.6 Å². The molecule has 21 heavy (non-hydrogen) atoms. The highest BCUT2D eigenvalue weighted by Gasteiger charge is 2.42. The Morgan fingerprint density at radius 2 is 1.90 bits per heavy atom. The van der Waals surface area contributed by atoms with Crippen molar-refractivity contribution in [2.24, 2.45) is 5.92 Å². The summed E-state index contributed by atoms with van der Waals surface area (Å²) in [5.74, 6) is 0.596. The van der Waals surface area contributed by atoms with E-state index in [1.807, 2.05) is 0 Å². The van der Waals surface area contributed by atoms with Gasteiger partial charge < -0.3 is 10.1 Å². The monoisotopic (exact) mass is 287 g/mol. The molecule has 2 aliphatic rings. The van der Waals surface area contributed by atoms with Crippen LogP contribution in [-0.4, -0.2) is 18.8 Å². The molecular formula is C19H29NO. The van der Waals surface area contributed by atoms with Gasteiger partial charge in [0.05, 0.1) is 11.7 Å². The summed E-state index contributed by atoms with van der Waals surface area (Å²) in [6.07, 6.45) is 9.52. The normalized spacial score (nSPS) is 27.0. The van der Waals surface area contributed by atoms with Crippen molar-refractivity contribution in [3.8, 4) is 0 Å². The molecule has 116 valence electrons. The molecule has 2 nitrogen and oxygen atoms in total. The Morgan fingerprint density at radius 3 is 2.57 bits per heavy atom. The molecule has 1 saturated heterocycles. The first-order chi connectivity index (χ1) is 10.2. The predicted octanol–water partition coefficient (Wildman–Crippen LogP) is 4.47. The van der Waals surface area contributed by atoms with Crippen LogP contribution in [0.3, 0.4) is 0 Å². The summed E-state index contributed by atoms with van der Waals surface area (Å²) >= 11 is 0. The molecule has 2 fully saturated rings. The van der Waals surface area contributed by atoms with Crippen molar-refractivity contribution in [3.05, 3.63) is 35.9 Å². The zero-order chi connectivity index (χ0) is 14.7. The van der Waals surface area contributed by atoms with Crippen molar-refractivity contribution in [2.45, 2.75) is 69.6 Å². The highest BCUT2D eigenvalue weighted by atomic mass is 16.5. The van der Waals surface area contributed by atoms with E-state index in [1.165, 1.54) is 50.5 Å². The topological polar surface area (TPSA) is 21.3 Å². The molecule has 1 saturated carbocycles. The van der Waals surface area contributed by atoms with E-state index in [4.69, 9.17) is 4.74 Å². The summed E-state index contributed by atoms with van der Waals surface area (Å²) in [6, 6.07) is 11.2. The van der Waals surface area contributed by atoms with Crippen LogP contribution in [0.5, 0.6) is 0 Å². The summed E-state index contributed by atoms with van der Waals surface area (Å²) in [5.41, 5.74) is 1.66. The molecule has 0 aromatic heterocycles. The minimum Gasteiger partial charge on any atom is -0.372 e. The summed E-state index contributed by atoms with van der Waals surface area (Å²) in [5, 5.41) is 3.50. The third-order valence-electron chi connectivity index (χ3n) is 5.53. The van der Waals surface area contributed by atoms with Crippen LogP contribution in [0.15, 0.2) is 30.3 Å². The number of nitrogens with one attached hydrogen (secondary N) is 1. The molecular weight excluding hydrogens is 258 g/mol. The van der Waals surface area contributed by atoms with Crippen molar-refractivity contribution in [2.75, 3.05) is 7.05 Å². The van der Waals surface area contributed by atoms with Crippen LogP contribution in [-0.2, 0) is 4.74 Å². The molecule has 1 aromatic carbocycles. The Kier molecular flexibility index (Phi) is 4.66. The molecule has 1 aromatic rings. The SMILES string of the molecule is CNC(c1ccccc1)C(C)CC1CCC2(CCCC2)O1. The zero-order valence-corrected chi connectivity index (χ0v) is 13.5. The van der Waals surface area contributed by atoms with Gasteiger partial charge in [0, 0.05) is 6.04 Å². The highest BCUT2D eigenvalue weighted by molar-refractivity contribution is 5.19. The van der Waals surface area contributed by atoms with E-state index in [0.717, 1.165) is 0 Å². The van der Waals surface area contributed by atoms with Crippen molar-refractivity contribution in [1.82, 2.24) is 5.32 Å². The van der Waals surface area contributed by atoms with Gasteiger partial charge in [0.25, 0.3) is 0 Å². The molecule has 3 atom stereocenters. The standard InChI is InChI=1S/C19H29NO/c1-15(18(20-2)16-8-4-3-5-9-16)14-17-10-13-19(21-17)11-6-7-12-19/h3-5,8-9,15,17-18,20H,6-7,10-14H2,1-2H3. The van der Waals surface area contributed by atoms with Crippen LogP contribution in [0.25, 0.3) is 0 Å². The first kappa shape index (κ1) is 15.1. The molecule has 1 heterocycles. The van der Waals surface area contributed by atoms with Crippen LogP contribution in [0, 0.1) is 5.92 Å². The fraction of sp³-hybridized carbons (Fsp3) is 0.684. The Labute approximate surface area is 129 Å². The lowest BCUT2D eigenvalue weighted by atomic mass is 9.89. The van der Waals surface area contributed by atoms with E-state index in [9.17, 15) is 0 Å². The van der Waals surface area contributed by atoms with Crippen molar-refractivity contribution >= 4 is 0 Å². The van der Waals surface area contributed by atoms with Crippen LogP contribution < -0.4 is 5.32 Å². The van der Waals surface area contributed by atoms with E-state index in [2.05, 4.69) is 49.6 Å². The van der Waals surface area contributed by atoms with Gasteiger partial charge in [-0.3, -0.25) is 0 Å². The first-order valence-corrected chi connectivity index (χ1v) is 8.62. The molecule has 2 heteroatoms. The minimum absolute atomic E-state index is 0.270. The average molecular weight is 287 g/mol. The van der Waals surface area contributed by atoms with Gasteiger partial charge >= 0.3 is 0 Å². The lowest BCUT2D eigenvalue weighted by Gasteiger charge is -2.28. The van der Waals surface area contributed by atoms with Crippen LogP contribution in [0.1, 0.15) is 63.5 Å². The molecule has 1 aliphatic carbocycles. The Morgan fingerprint density at radius 1 is 1.19 bits per heavy atom. The predicted molar refractivity (Wildman–Crippen MR) is 87.3 cm³/mol. The van der Waals surface area contributed by atoms with E-state index >= 15 is 0 Å². The summed E-state index contributed by atoms with van der Waals surface area (Å²) in [4.78, 5) is 0. The third-order valence-corrected chi connectivity index (χ3v) is 5.53. The van der Waals surface area contributed by atoms with Crippen molar-refractivity contribution < 1.29 is 4.74 Å². The van der Waals surface area contributed by atoms with E-state index in [1.54, 1.807) is 0 Å². The van der Waals surface area contributed by atoms with Gasteiger partial charge in [-0.25, -0.2) is 0 Å². The van der Waals surface area contributed by atoms with Crippen LogP contribution in [0.4, 0.5) is 0 Å². The molecule has 3 unspecified atom stereocenters. The number of hydrogen-bond donors (Lipinski definition) is 1. The van der Waals surface area contributed by atoms with Gasteiger partial charge in [0.15, 0.2) is 0 Å². The second-order valence-corrected chi connectivity index (χ2v) is 7.06. The average Bonchev–Trinajstić information content (AvgIpc) is 3.11. The number of rotatable bonds is 5. The maximum Gasteiger partial charge on any atom is 0.0687 e. The zero-order valence-electron chi connectivity index (χ0n) is 13.5. The second kappa shape index (κ2) is 6.50. The lowest BCUT2D eigenvalue weighted by molar-refractivity contribution is -0.0449. The van der Waals surface area contributed by atoms with Gasteiger partial charge in [-0.1, -0.05) is 50.1 Å².